The fourth-order valence-electron chi connectivity index (χ4n) is 2.15. The largest absolute Gasteiger partial charge is 0.504 e. The lowest BCUT2D eigenvalue weighted by Crippen LogP contribution is -2.21. The Morgan fingerprint density at radius 3 is 2.65 bits per heavy atom. The molecule has 2 aromatic rings. The van der Waals surface area contributed by atoms with Crippen LogP contribution in [0.5, 0.6) is 11.5 Å². The molecule has 0 aliphatic carbocycles. The van der Waals surface area contributed by atoms with Crippen molar-refractivity contribution < 1.29 is 29.1 Å². The number of anilines is 1. The molecule has 0 saturated carbocycles. The third-order valence-corrected chi connectivity index (χ3v) is 3.40. The third-order valence-electron chi connectivity index (χ3n) is 3.40. The van der Waals surface area contributed by atoms with Crippen LogP contribution in [0.3, 0.4) is 0 Å². The summed E-state index contributed by atoms with van der Waals surface area (Å²) in [4.78, 5) is 34.3. The number of esters is 1. The Hall–Kier alpha value is -3.62. The second-order valence-corrected chi connectivity index (χ2v) is 5.26. The first-order chi connectivity index (χ1) is 12.3. The highest BCUT2D eigenvalue weighted by Crippen LogP contribution is 2.30. The molecular formula is C17H16N2O7. The van der Waals surface area contributed by atoms with Crippen LogP contribution in [0.4, 0.5) is 11.4 Å². The molecule has 0 atom stereocenters. The molecule has 9 nitrogen and oxygen atoms in total. The van der Waals surface area contributed by atoms with E-state index in [9.17, 15) is 24.8 Å². The van der Waals surface area contributed by atoms with Crippen LogP contribution in [0, 0.1) is 17.0 Å². The number of phenols is 1. The van der Waals surface area contributed by atoms with E-state index >= 15 is 0 Å². The number of carbonyl (C=O) groups is 2. The van der Waals surface area contributed by atoms with Crippen molar-refractivity contribution in [1.82, 2.24) is 0 Å². The number of amides is 1. The Morgan fingerprint density at radius 1 is 1.27 bits per heavy atom. The highest BCUT2D eigenvalue weighted by Gasteiger charge is 2.19. The van der Waals surface area contributed by atoms with Crippen molar-refractivity contribution in [3.05, 3.63) is 57.6 Å². The second-order valence-electron chi connectivity index (χ2n) is 5.26. The van der Waals surface area contributed by atoms with Gasteiger partial charge in [-0.05, 0) is 30.7 Å². The summed E-state index contributed by atoms with van der Waals surface area (Å²) < 4.78 is 9.71. The molecule has 0 aliphatic heterocycles. The van der Waals surface area contributed by atoms with Crippen molar-refractivity contribution in [3.8, 4) is 11.5 Å². The molecule has 0 fully saturated rings. The number of nitrogens with one attached hydrogen (secondary N) is 1. The Kier molecular flexibility index (Phi) is 5.74. The van der Waals surface area contributed by atoms with Gasteiger partial charge in [-0.2, -0.15) is 0 Å². The second kappa shape index (κ2) is 7.97. The van der Waals surface area contributed by atoms with Crippen LogP contribution in [0.1, 0.15) is 15.9 Å². The topological polar surface area (TPSA) is 128 Å². The van der Waals surface area contributed by atoms with Gasteiger partial charge in [0.2, 0.25) is 0 Å². The van der Waals surface area contributed by atoms with Gasteiger partial charge in [-0.15, -0.1) is 0 Å². The Morgan fingerprint density at radius 2 is 2.00 bits per heavy atom. The molecule has 26 heavy (non-hydrogen) atoms. The average molecular weight is 360 g/mol. The zero-order valence-electron chi connectivity index (χ0n) is 14.0. The predicted molar refractivity (Wildman–Crippen MR) is 91.4 cm³/mol. The molecule has 9 heteroatoms. The quantitative estimate of drug-likeness (QED) is 0.460. The molecule has 2 aromatic carbocycles. The Labute approximate surface area is 148 Å². The van der Waals surface area contributed by atoms with Gasteiger partial charge < -0.3 is 19.9 Å². The van der Waals surface area contributed by atoms with E-state index in [2.05, 4.69) is 5.32 Å². The molecule has 2 rings (SSSR count). The number of nitrogens with zero attached hydrogens (tertiary/aromatic N) is 1. The maximum Gasteiger partial charge on any atom is 0.342 e. The number of benzene rings is 2. The van der Waals surface area contributed by atoms with Gasteiger partial charge in [-0.25, -0.2) is 4.79 Å². The number of carbonyl (C=O) groups excluding carboxylic acids is 2. The number of para-hydroxylation sites is 1. The van der Waals surface area contributed by atoms with E-state index in [1.165, 1.54) is 37.4 Å². The van der Waals surface area contributed by atoms with E-state index in [4.69, 9.17) is 9.47 Å². The molecule has 2 N–H and O–H groups in total. The van der Waals surface area contributed by atoms with E-state index in [1.807, 2.05) is 0 Å². The summed E-state index contributed by atoms with van der Waals surface area (Å²) in [6, 6.07) is 8.54. The third kappa shape index (κ3) is 4.26. The van der Waals surface area contributed by atoms with Gasteiger partial charge in [-0.3, -0.25) is 14.9 Å². The molecule has 0 aliphatic rings. The number of nitro benzene ring substituents is 1. The predicted octanol–water partition coefficient (Wildman–Crippen LogP) is 2.41. The smallest absolute Gasteiger partial charge is 0.342 e. The standard InChI is InChI=1S/C17H16N2O7/c1-10-6-7-12(13(8-10)19(23)24)18-15(20)9-26-17(22)11-4-3-5-14(25-2)16(11)21/h3-8,21H,9H2,1-2H3,(H,18,20). The molecular weight excluding hydrogens is 344 g/mol. The molecule has 0 radical (unpaired) electrons. The highest BCUT2D eigenvalue weighted by molar-refractivity contribution is 5.98. The van der Waals surface area contributed by atoms with E-state index in [1.54, 1.807) is 13.0 Å². The number of methoxy groups -OCH3 is 1. The number of hydrogen-bond donors (Lipinski definition) is 2. The van der Waals surface area contributed by atoms with Gasteiger partial charge in [0, 0.05) is 6.07 Å². The molecule has 0 aromatic heterocycles. The average Bonchev–Trinajstić information content (AvgIpc) is 2.61. The summed E-state index contributed by atoms with van der Waals surface area (Å²) in [7, 11) is 1.33. The minimum absolute atomic E-state index is 0.00845. The van der Waals surface area contributed by atoms with Crippen molar-refractivity contribution in [2.24, 2.45) is 0 Å². The van der Waals surface area contributed by atoms with E-state index in [0.717, 1.165) is 0 Å². The number of ether oxygens (including phenoxy) is 2. The zero-order valence-corrected chi connectivity index (χ0v) is 14.0. The van der Waals surface area contributed by atoms with Crippen LogP contribution in [-0.4, -0.2) is 35.6 Å². The summed E-state index contributed by atoms with van der Waals surface area (Å²) in [5, 5.41) is 23.2. The monoisotopic (exact) mass is 360 g/mol. The van der Waals surface area contributed by atoms with Crippen LogP contribution in [0.2, 0.25) is 0 Å². The number of aryl methyl sites for hydroxylation is 1. The number of phenolic OH excluding ortho intramolecular Hbond substituents is 1. The molecule has 0 bridgehead atoms. The fourth-order valence-corrected chi connectivity index (χ4v) is 2.15. The van der Waals surface area contributed by atoms with Crippen LogP contribution >= 0.6 is 0 Å². The van der Waals surface area contributed by atoms with Crippen molar-refractivity contribution >= 4 is 23.3 Å². The van der Waals surface area contributed by atoms with Crippen LogP contribution in [0.15, 0.2) is 36.4 Å². The molecule has 0 unspecified atom stereocenters. The number of hydrogen-bond acceptors (Lipinski definition) is 7. The fraction of sp³-hybridized carbons (Fsp3) is 0.176. The maximum atomic E-state index is 12.0. The van der Waals surface area contributed by atoms with Crippen molar-refractivity contribution in [2.75, 3.05) is 19.0 Å². The zero-order chi connectivity index (χ0) is 19.3. The van der Waals surface area contributed by atoms with Gasteiger partial charge in [0.25, 0.3) is 11.6 Å². The van der Waals surface area contributed by atoms with Gasteiger partial charge in [-0.1, -0.05) is 12.1 Å². The maximum absolute atomic E-state index is 12.0. The van der Waals surface area contributed by atoms with E-state index in [0.29, 0.717) is 5.56 Å². The minimum Gasteiger partial charge on any atom is -0.504 e. The summed E-state index contributed by atoms with van der Waals surface area (Å²) >= 11 is 0. The SMILES string of the molecule is COc1cccc(C(=O)OCC(=O)Nc2ccc(C)cc2[N+](=O)[O-])c1O. The van der Waals surface area contributed by atoms with Crippen molar-refractivity contribution in [1.29, 1.82) is 0 Å². The van der Waals surface area contributed by atoms with Gasteiger partial charge in [0.05, 0.1) is 12.0 Å². The Bertz CT molecular complexity index is 864. The van der Waals surface area contributed by atoms with Gasteiger partial charge in [0.1, 0.15) is 11.3 Å². The highest BCUT2D eigenvalue weighted by atomic mass is 16.6. The molecule has 1 amide bonds. The van der Waals surface area contributed by atoms with Gasteiger partial charge in [0.15, 0.2) is 18.1 Å². The van der Waals surface area contributed by atoms with Crippen molar-refractivity contribution in [2.45, 2.75) is 6.92 Å². The summed E-state index contributed by atoms with van der Waals surface area (Å²) in [5.41, 5.74) is 0.217. The Balaban J connectivity index is 2.04. The lowest BCUT2D eigenvalue weighted by molar-refractivity contribution is -0.384. The summed E-state index contributed by atoms with van der Waals surface area (Å²) in [6.45, 7) is 1.00. The molecule has 0 heterocycles. The molecule has 0 saturated heterocycles. The number of aromatic hydroxyl groups is 1. The normalized spacial score (nSPS) is 10.1. The first-order valence-corrected chi connectivity index (χ1v) is 7.41. The first-order valence-electron chi connectivity index (χ1n) is 7.41. The van der Waals surface area contributed by atoms with E-state index < -0.39 is 29.2 Å². The number of rotatable bonds is 6. The molecule has 0 spiro atoms. The van der Waals surface area contributed by atoms with Crippen molar-refractivity contribution in [3.63, 3.8) is 0 Å². The summed E-state index contributed by atoms with van der Waals surface area (Å²) in [5.74, 6) is -2.02. The van der Waals surface area contributed by atoms with Crippen LogP contribution in [-0.2, 0) is 9.53 Å². The lowest BCUT2D eigenvalue weighted by atomic mass is 10.2. The number of nitro groups is 1. The van der Waals surface area contributed by atoms with Gasteiger partial charge >= 0.3 is 5.97 Å². The van der Waals surface area contributed by atoms with Crippen LogP contribution < -0.4 is 10.1 Å². The first kappa shape index (κ1) is 18.7. The lowest BCUT2D eigenvalue weighted by Gasteiger charge is -2.09. The molecule has 136 valence electrons. The summed E-state index contributed by atoms with van der Waals surface area (Å²) in [6.07, 6.45) is 0. The minimum atomic E-state index is -0.935. The van der Waals surface area contributed by atoms with Crippen LogP contribution in [0.25, 0.3) is 0 Å². The van der Waals surface area contributed by atoms with E-state index in [-0.39, 0.29) is 22.7 Å².